The van der Waals surface area contributed by atoms with Crippen LogP contribution in [0.2, 0.25) is 0 Å². The van der Waals surface area contributed by atoms with Crippen LogP contribution < -0.4 is 0 Å². The molecule has 4 atom stereocenters. The fourth-order valence-corrected chi connectivity index (χ4v) is 10.1. The van der Waals surface area contributed by atoms with Crippen LogP contribution in [0, 0.1) is 11.8 Å². The van der Waals surface area contributed by atoms with Crippen LogP contribution in [-0.4, -0.2) is 9.55 Å². The van der Waals surface area contributed by atoms with Gasteiger partial charge in [-0.3, -0.25) is 0 Å². The Labute approximate surface area is 250 Å². The molecule has 3 heterocycles. The van der Waals surface area contributed by atoms with Crippen LogP contribution in [0.5, 0.6) is 0 Å². The van der Waals surface area contributed by atoms with Crippen molar-refractivity contribution < 1.29 is 0 Å². The van der Waals surface area contributed by atoms with E-state index in [0.29, 0.717) is 0 Å². The van der Waals surface area contributed by atoms with Gasteiger partial charge in [0.15, 0.2) is 0 Å². The summed E-state index contributed by atoms with van der Waals surface area (Å²) in [5.74, 6) is 1.61. The van der Waals surface area contributed by atoms with Crippen molar-refractivity contribution in [2.45, 2.75) is 9.62 Å². The average Bonchev–Trinajstić information content (AvgIpc) is 3.81. The van der Waals surface area contributed by atoms with Crippen LogP contribution in [0.1, 0.15) is 28.1 Å². The maximum Gasteiger partial charge on any atom is 0.132 e. The first-order chi connectivity index (χ1) is 20.8. The quantitative estimate of drug-likeness (QED) is 0.216. The summed E-state index contributed by atoms with van der Waals surface area (Å²) in [4.78, 5) is 5.06. The summed E-state index contributed by atoms with van der Waals surface area (Å²) >= 11 is 2.10. The first-order valence-corrected chi connectivity index (χ1v) is 15.5. The van der Waals surface area contributed by atoms with E-state index in [-0.39, 0.29) is 21.5 Å². The SMILES string of the molecule is C1=C[C@@H]2[C@H](C1=C(c1ccccc1)c1ccccc1)[C@@]1(c3ccccc3)S[C@]2(c2ccccc2)c2nc3ccccc3n21. The maximum atomic E-state index is 5.43. The molecule has 3 heteroatoms. The van der Waals surface area contributed by atoms with Gasteiger partial charge in [-0.25, -0.2) is 4.98 Å². The molecule has 3 aliphatic rings. The number of allylic oxidation sites excluding steroid dienone is 3. The van der Waals surface area contributed by atoms with Crippen LogP contribution in [-0.2, 0) is 9.62 Å². The minimum atomic E-state index is -0.374. The van der Waals surface area contributed by atoms with Crippen molar-refractivity contribution in [3.8, 4) is 0 Å². The molecule has 2 nitrogen and oxygen atoms in total. The zero-order valence-electron chi connectivity index (χ0n) is 23.0. The lowest BCUT2D eigenvalue weighted by Gasteiger charge is -2.40. The number of hydrogen-bond acceptors (Lipinski definition) is 2. The molecule has 42 heavy (non-hydrogen) atoms. The monoisotopic (exact) mass is 556 g/mol. The van der Waals surface area contributed by atoms with Crippen molar-refractivity contribution in [3.63, 3.8) is 0 Å². The molecule has 5 aromatic carbocycles. The van der Waals surface area contributed by atoms with Gasteiger partial charge in [-0.2, -0.15) is 0 Å². The molecule has 2 aliphatic heterocycles. The van der Waals surface area contributed by atoms with Gasteiger partial charge in [-0.05, 0) is 45.5 Å². The van der Waals surface area contributed by atoms with Gasteiger partial charge in [0.2, 0.25) is 0 Å². The van der Waals surface area contributed by atoms with E-state index in [1.54, 1.807) is 0 Å². The lowest BCUT2D eigenvalue weighted by molar-refractivity contribution is 0.281. The summed E-state index contributed by atoms with van der Waals surface area (Å²) in [6.45, 7) is 0. The van der Waals surface area contributed by atoms with E-state index in [0.717, 1.165) is 11.3 Å². The standard InChI is InChI=1S/C39H28N2S/c1-5-15-27(16-6-1)35(28-17-7-2-8-18-28)31-25-26-32-36(31)39(30-21-11-4-12-22-30)41-34-24-14-13-23-33(34)40-37(41)38(32,42-39)29-19-9-3-10-20-29/h1-26,32,36H/t32-,36+,38+,39-/m1/s1. The molecule has 0 radical (unpaired) electrons. The number of rotatable bonds is 4. The molecule has 1 aliphatic carbocycles. The summed E-state index contributed by atoms with van der Waals surface area (Å²) in [5.41, 5.74) is 10.1. The number of benzene rings is 5. The molecule has 6 aromatic rings. The number of aromatic nitrogens is 2. The van der Waals surface area contributed by atoms with Gasteiger partial charge < -0.3 is 4.57 Å². The average molecular weight is 557 g/mol. The number of thioether (sulfide) groups is 1. The lowest BCUT2D eigenvalue weighted by atomic mass is 9.69. The second kappa shape index (κ2) is 8.95. The summed E-state index contributed by atoms with van der Waals surface area (Å²) in [6, 6.07) is 52.9. The number of para-hydroxylation sites is 2. The Hall–Kier alpha value is -4.60. The van der Waals surface area contributed by atoms with E-state index in [4.69, 9.17) is 4.98 Å². The van der Waals surface area contributed by atoms with Crippen LogP contribution in [0.25, 0.3) is 16.6 Å². The van der Waals surface area contributed by atoms with E-state index >= 15 is 0 Å². The van der Waals surface area contributed by atoms with Gasteiger partial charge in [0.25, 0.3) is 0 Å². The molecule has 1 fully saturated rings. The third-order valence-corrected chi connectivity index (χ3v) is 11.4. The highest BCUT2D eigenvalue weighted by atomic mass is 32.2. The normalized spacial score (nSPS) is 25.1. The summed E-state index contributed by atoms with van der Waals surface area (Å²) in [5, 5.41) is 0. The Morgan fingerprint density at radius 1 is 0.619 bits per heavy atom. The molecule has 2 bridgehead atoms. The number of imidazole rings is 1. The van der Waals surface area contributed by atoms with Crippen molar-refractivity contribution in [1.29, 1.82) is 0 Å². The van der Waals surface area contributed by atoms with Crippen LogP contribution in [0.3, 0.4) is 0 Å². The highest BCUT2D eigenvalue weighted by Gasteiger charge is 2.73. The Bertz CT molecular complexity index is 1970. The highest BCUT2D eigenvalue weighted by molar-refractivity contribution is 8.02. The van der Waals surface area contributed by atoms with Crippen LogP contribution in [0.4, 0.5) is 0 Å². The van der Waals surface area contributed by atoms with Gasteiger partial charge in [0, 0.05) is 11.8 Å². The van der Waals surface area contributed by atoms with Gasteiger partial charge in [-0.1, -0.05) is 146 Å². The van der Waals surface area contributed by atoms with Crippen LogP contribution >= 0.6 is 11.8 Å². The Kier molecular flexibility index (Phi) is 5.12. The predicted molar refractivity (Wildman–Crippen MR) is 173 cm³/mol. The first-order valence-electron chi connectivity index (χ1n) is 14.7. The number of hydrogen-bond donors (Lipinski definition) is 0. The van der Waals surface area contributed by atoms with E-state index in [1.807, 2.05) is 0 Å². The Morgan fingerprint density at radius 3 is 1.81 bits per heavy atom. The molecule has 9 rings (SSSR count). The largest absolute Gasteiger partial charge is 0.306 e. The molecular formula is C39H28N2S. The van der Waals surface area contributed by atoms with Gasteiger partial charge in [0.05, 0.1) is 11.0 Å². The van der Waals surface area contributed by atoms with Crippen molar-refractivity contribution in [2.24, 2.45) is 11.8 Å². The molecule has 1 saturated heterocycles. The smallest absolute Gasteiger partial charge is 0.132 e. The van der Waals surface area contributed by atoms with Gasteiger partial charge in [-0.15, -0.1) is 11.8 Å². The zero-order valence-corrected chi connectivity index (χ0v) is 23.8. The van der Waals surface area contributed by atoms with Crippen molar-refractivity contribution in [1.82, 2.24) is 9.55 Å². The minimum Gasteiger partial charge on any atom is -0.306 e. The zero-order chi connectivity index (χ0) is 27.7. The minimum absolute atomic E-state index is 0.200. The van der Waals surface area contributed by atoms with E-state index < -0.39 is 0 Å². The van der Waals surface area contributed by atoms with Gasteiger partial charge in [0.1, 0.15) is 15.4 Å². The fraction of sp³-hybridized carbons (Fsp3) is 0.103. The second-order valence-electron chi connectivity index (χ2n) is 11.5. The molecule has 0 amide bonds. The first kappa shape index (κ1) is 24.0. The summed E-state index contributed by atoms with van der Waals surface area (Å²) < 4.78 is 2.29. The van der Waals surface area contributed by atoms with Gasteiger partial charge >= 0.3 is 0 Å². The maximum absolute atomic E-state index is 5.43. The molecular weight excluding hydrogens is 529 g/mol. The molecule has 0 spiro atoms. The third kappa shape index (κ3) is 3.04. The topological polar surface area (TPSA) is 17.8 Å². The Morgan fingerprint density at radius 2 is 1.17 bits per heavy atom. The third-order valence-electron chi connectivity index (χ3n) is 9.41. The molecule has 0 saturated carbocycles. The molecule has 0 unspecified atom stereocenters. The fourth-order valence-electron chi connectivity index (χ4n) is 7.87. The van der Waals surface area contributed by atoms with E-state index in [2.05, 4.69) is 174 Å². The highest BCUT2D eigenvalue weighted by Crippen LogP contribution is 2.77. The summed E-state index contributed by atoms with van der Waals surface area (Å²) in [6.07, 6.45) is 4.94. The summed E-state index contributed by atoms with van der Waals surface area (Å²) in [7, 11) is 0. The Balaban J connectivity index is 1.43. The van der Waals surface area contributed by atoms with Crippen LogP contribution in [0.15, 0.2) is 163 Å². The van der Waals surface area contributed by atoms with Crippen molar-refractivity contribution >= 4 is 28.4 Å². The van der Waals surface area contributed by atoms with E-state index in [1.165, 1.54) is 38.9 Å². The van der Waals surface area contributed by atoms with Crippen molar-refractivity contribution in [3.05, 3.63) is 191 Å². The molecule has 200 valence electrons. The molecule has 0 N–H and O–H groups in total. The van der Waals surface area contributed by atoms with Crippen molar-refractivity contribution in [2.75, 3.05) is 0 Å². The lowest BCUT2D eigenvalue weighted by Crippen LogP contribution is -2.43. The number of nitrogens with zero attached hydrogens (tertiary/aromatic N) is 2. The van der Waals surface area contributed by atoms with E-state index in [9.17, 15) is 0 Å². The second-order valence-corrected chi connectivity index (χ2v) is 12.9. The number of fused-ring (bicyclic) bond motifs is 10. The molecule has 1 aromatic heterocycles. The predicted octanol–water partition coefficient (Wildman–Crippen LogP) is 9.05.